The molecule has 0 spiro atoms. The molecule has 7 nitrogen and oxygen atoms in total. The summed E-state index contributed by atoms with van der Waals surface area (Å²) in [7, 11) is 1.41. The number of benzene rings is 2. The highest BCUT2D eigenvalue weighted by molar-refractivity contribution is 6.32. The Morgan fingerprint density at radius 2 is 1.96 bits per heavy atom. The minimum absolute atomic E-state index is 0.127. The molecule has 0 aliphatic carbocycles. The molecule has 0 radical (unpaired) electrons. The molecule has 8 heteroatoms. The van der Waals surface area contributed by atoms with E-state index in [1.54, 1.807) is 29.2 Å². The summed E-state index contributed by atoms with van der Waals surface area (Å²) < 4.78 is 10.5. The maximum atomic E-state index is 13.1. The van der Waals surface area contributed by atoms with Crippen molar-refractivity contribution in [2.45, 2.75) is 19.9 Å². The number of halogens is 1. The number of nitrogens with zero attached hydrogens (tertiary/aromatic N) is 1. The highest BCUT2D eigenvalue weighted by Gasteiger charge is 2.21. The second-order valence-corrected chi connectivity index (χ2v) is 6.51. The van der Waals surface area contributed by atoms with Crippen LogP contribution in [0, 0.1) is 0 Å². The van der Waals surface area contributed by atoms with Gasteiger partial charge >= 0.3 is 0 Å². The first kappa shape index (κ1) is 21.4. The van der Waals surface area contributed by atoms with Gasteiger partial charge in [-0.25, -0.2) is 0 Å². The van der Waals surface area contributed by atoms with Crippen LogP contribution in [0.1, 0.15) is 29.3 Å². The standard InChI is InChI=1S/C20H23ClN2O5/c1-3-8-23(11-13-6-4-5-7-16(13)24)20(26)14-9-15(21)19(17(10-14)27-2)28-12-18(22)25/h4-7,9-10,24H,3,8,11-12H2,1-2H3,(H2,22,25). The lowest BCUT2D eigenvalue weighted by Crippen LogP contribution is -2.31. The number of ether oxygens (including phenoxy) is 2. The number of amides is 2. The van der Waals surface area contributed by atoms with Crippen LogP contribution in [0.25, 0.3) is 0 Å². The van der Waals surface area contributed by atoms with Crippen LogP contribution in [0.4, 0.5) is 0 Å². The van der Waals surface area contributed by atoms with Crippen LogP contribution in [0.5, 0.6) is 17.2 Å². The molecular weight excluding hydrogens is 384 g/mol. The van der Waals surface area contributed by atoms with E-state index in [0.29, 0.717) is 17.7 Å². The number of primary amides is 1. The Morgan fingerprint density at radius 1 is 1.25 bits per heavy atom. The number of hydrogen-bond acceptors (Lipinski definition) is 5. The molecule has 3 N–H and O–H groups in total. The molecule has 0 saturated carbocycles. The van der Waals surface area contributed by atoms with Crippen molar-refractivity contribution in [1.82, 2.24) is 4.90 Å². The largest absolute Gasteiger partial charge is 0.508 e. The van der Waals surface area contributed by atoms with E-state index in [-0.39, 0.29) is 41.3 Å². The van der Waals surface area contributed by atoms with Gasteiger partial charge in [-0.2, -0.15) is 0 Å². The van der Waals surface area contributed by atoms with Crippen molar-refractivity contribution in [1.29, 1.82) is 0 Å². The van der Waals surface area contributed by atoms with E-state index in [0.717, 1.165) is 6.42 Å². The Labute approximate surface area is 168 Å². The summed E-state index contributed by atoms with van der Waals surface area (Å²) in [4.78, 5) is 25.6. The van der Waals surface area contributed by atoms with Crippen molar-refractivity contribution >= 4 is 23.4 Å². The molecule has 2 amide bonds. The number of rotatable bonds is 9. The summed E-state index contributed by atoms with van der Waals surface area (Å²) in [6, 6.07) is 9.82. The number of aromatic hydroxyl groups is 1. The van der Waals surface area contributed by atoms with Gasteiger partial charge in [0.1, 0.15) is 5.75 Å². The van der Waals surface area contributed by atoms with Gasteiger partial charge in [-0.05, 0) is 24.6 Å². The van der Waals surface area contributed by atoms with Crippen LogP contribution < -0.4 is 15.2 Å². The summed E-state index contributed by atoms with van der Waals surface area (Å²) in [6.07, 6.45) is 0.740. The summed E-state index contributed by atoms with van der Waals surface area (Å²) in [5.41, 5.74) is 6.03. The van der Waals surface area contributed by atoms with Crippen molar-refractivity contribution in [3.05, 3.63) is 52.5 Å². The summed E-state index contributed by atoms with van der Waals surface area (Å²) in [5.74, 6) is -0.442. The fourth-order valence-electron chi connectivity index (χ4n) is 2.68. The Bertz CT molecular complexity index is 856. The first-order valence-electron chi connectivity index (χ1n) is 8.72. The molecule has 0 aliphatic rings. The number of carbonyl (C=O) groups is 2. The highest BCUT2D eigenvalue weighted by atomic mass is 35.5. The number of phenolic OH excluding ortho intramolecular Hbond substituents is 1. The van der Waals surface area contributed by atoms with Crippen LogP contribution in [0.15, 0.2) is 36.4 Å². The zero-order chi connectivity index (χ0) is 20.7. The average Bonchev–Trinajstić information content (AvgIpc) is 2.67. The highest BCUT2D eigenvalue weighted by Crippen LogP contribution is 2.37. The zero-order valence-corrected chi connectivity index (χ0v) is 16.5. The third-order valence-electron chi connectivity index (χ3n) is 3.97. The SMILES string of the molecule is CCCN(Cc1ccccc1O)C(=O)c1cc(Cl)c(OCC(N)=O)c(OC)c1. The lowest BCUT2D eigenvalue weighted by Gasteiger charge is -2.23. The summed E-state index contributed by atoms with van der Waals surface area (Å²) in [5, 5.41) is 10.1. The molecule has 0 heterocycles. The van der Waals surface area contributed by atoms with E-state index in [4.69, 9.17) is 26.8 Å². The van der Waals surface area contributed by atoms with Crippen LogP contribution in [-0.2, 0) is 11.3 Å². The van der Waals surface area contributed by atoms with E-state index < -0.39 is 5.91 Å². The quantitative estimate of drug-likeness (QED) is 0.666. The number of hydrogen-bond donors (Lipinski definition) is 2. The summed E-state index contributed by atoms with van der Waals surface area (Å²) in [6.45, 7) is 2.34. The van der Waals surface area contributed by atoms with E-state index in [1.165, 1.54) is 19.2 Å². The Kier molecular flexibility index (Phi) is 7.52. The lowest BCUT2D eigenvalue weighted by molar-refractivity contribution is -0.119. The van der Waals surface area contributed by atoms with Crippen LogP contribution in [0.3, 0.4) is 0 Å². The monoisotopic (exact) mass is 406 g/mol. The predicted octanol–water partition coefficient (Wildman–Crippen LogP) is 2.97. The summed E-state index contributed by atoms with van der Waals surface area (Å²) >= 11 is 6.24. The fraction of sp³-hybridized carbons (Fsp3) is 0.300. The van der Waals surface area contributed by atoms with Gasteiger partial charge in [0.2, 0.25) is 0 Å². The molecule has 28 heavy (non-hydrogen) atoms. The van der Waals surface area contributed by atoms with Gasteiger partial charge in [0, 0.05) is 24.2 Å². The lowest BCUT2D eigenvalue weighted by atomic mass is 10.1. The minimum Gasteiger partial charge on any atom is -0.508 e. The number of carbonyl (C=O) groups excluding carboxylic acids is 2. The van der Waals surface area contributed by atoms with Crippen molar-refractivity contribution in [3.63, 3.8) is 0 Å². The number of para-hydroxylation sites is 1. The van der Waals surface area contributed by atoms with Crippen molar-refractivity contribution in [2.75, 3.05) is 20.3 Å². The third kappa shape index (κ3) is 5.29. The minimum atomic E-state index is -0.657. The topological polar surface area (TPSA) is 102 Å². The second-order valence-electron chi connectivity index (χ2n) is 6.10. The molecule has 2 rings (SSSR count). The van der Waals surface area contributed by atoms with E-state index in [9.17, 15) is 14.7 Å². The molecule has 2 aromatic carbocycles. The smallest absolute Gasteiger partial charge is 0.255 e. The van der Waals surface area contributed by atoms with Gasteiger partial charge < -0.3 is 25.2 Å². The van der Waals surface area contributed by atoms with Crippen LogP contribution in [0.2, 0.25) is 5.02 Å². The van der Waals surface area contributed by atoms with Crippen molar-refractivity contribution < 1.29 is 24.2 Å². The second kappa shape index (κ2) is 9.85. The fourth-order valence-corrected chi connectivity index (χ4v) is 2.95. The van der Waals surface area contributed by atoms with Crippen molar-refractivity contribution in [3.8, 4) is 17.2 Å². The molecule has 0 fully saturated rings. The number of phenols is 1. The molecular formula is C20H23ClN2O5. The maximum absolute atomic E-state index is 13.1. The van der Waals surface area contributed by atoms with E-state index >= 15 is 0 Å². The van der Waals surface area contributed by atoms with Gasteiger partial charge in [0.25, 0.3) is 11.8 Å². The molecule has 0 atom stereocenters. The zero-order valence-electron chi connectivity index (χ0n) is 15.8. The van der Waals surface area contributed by atoms with Gasteiger partial charge in [-0.3, -0.25) is 9.59 Å². The molecule has 0 unspecified atom stereocenters. The molecule has 0 saturated heterocycles. The maximum Gasteiger partial charge on any atom is 0.255 e. The molecule has 0 aliphatic heterocycles. The molecule has 150 valence electrons. The average molecular weight is 407 g/mol. The molecule has 2 aromatic rings. The van der Waals surface area contributed by atoms with Gasteiger partial charge in [-0.15, -0.1) is 0 Å². The van der Waals surface area contributed by atoms with Crippen molar-refractivity contribution in [2.24, 2.45) is 5.73 Å². The van der Waals surface area contributed by atoms with Gasteiger partial charge in [0.15, 0.2) is 18.1 Å². The van der Waals surface area contributed by atoms with Gasteiger partial charge in [0.05, 0.1) is 12.1 Å². The molecule has 0 aromatic heterocycles. The Balaban J connectivity index is 2.32. The van der Waals surface area contributed by atoms with E-state index in [2.05, 4.69) is 0 Å². The molecule has 0 bridgehead atoms. The van der Waals surface area contributed by atoms with Crippen LogP contribution >= 0.6 is 11.6 Å². The number of nitrogens with two attached hydrogens (primary N) is 1. The predicted molar refractivity (Wildman–Crippen MR) is 106 cm³/mol. The van der Waals surface area contributed by atoms with E-state index in [1.807, 2.05) is 6.92 Å². The Hall–Kier alpha value is -2.93. The van der Waals surface area contributed by atoms with Gasteiger partial charge in [-0.1, -0.05) is 36.7 Å². The Morgan fingerprint density at radius 3 is 2.57 bits per heavy atom. The van der Waals surface area contributed by atoms with Crippen LogP contribution in [-0.4, -0.2) is 42.1 Å². The third-order valence-corrected chi connectivity index (χ3v) is 4.25. The number of methoxy groups -OCH3 is 1. The first-order valence-corrected chi connectivity index (χ1v) is 9.09. The first-order chi connectivity index (χ1) is 13.4. The normalized spacial score (nSPS) is 10.4.